The topological polar surface area (TPSA) is 82.6 Å². The first-order valence-electron chi connectivity index (χ1n) is 11.2. The van der Waals surface area contributed by atoms with Gasteiger partial charge in [0, 0.05) is 44.0 Å². The van der Waals surface area contributed by atoms with Crippen molar-refractivity contribution < 1.29 is 26.4 Å². The molecule has 2 heterocycles. The van der Waals surface area contributed by atoms with E-state index in [9.17, 15) is 26.4 Å². The number of anilines is 1. The summed E-state index contributed by atoms with van der Waals surface area (Å²) >= 11 is 0. The Morgan fingerprint density at radius 3 is 2.32 bits per heavy atom. The summed E-state index contributed by atoms with van der Waals surface area (Å²) in [5, 5.41) is 2.95. The third-order valence-electron chi connectivity index (χ3n) is 6.00. The van der Waals surface area contributed by atoms with Gasteiger partial charge in [-0.2, -0.15) is 17.5 Å². The number of nitrogens with one attached hydrogen (secondary N) is 1. The zero-order chi connectivity index (χ0) is 25.1. The van der Waals surface area contributed by atoms with Gasteiger partial charge >= 0.3 is 6.18 Å². The highest BCUT2D eigenvalue weighted by Gasteiger charge is 2.31. The van der Waals surface area contributed by atoms with Crippen LogP contribution in [-0.2, 0) is 16.2 Å². The molecule has 2 aromatic rings. The van der Waals surface area contributed by atoms with Gasteiger partial charge in [-0.3, -0.25) is 4.79 Å². The molecule has 186 valence electrons. The molecule has 0 unspecified atom stereocenters. The van der Waals surface area contributed by atoms with Gasteiger partial charge in [-0.15, -0.1) is 0 Å². The number of nitrogens with zero attached hydrogens (tertiary/aromatic N) is 3. The quantitative estimate of drug-likeness (QED) is 0.627. The van der Waals surface area contributed by atoms with Crippen molar-refractivity contribution in [2.24, 2.45) is 0 Å². The summed E-state index contributed by atoms with van der Waals surface area (Å²) in [6.07, 6.45) is -2.43. The van der Waals surface area contributed by atoms with Crippen molar-refractivity contribution in [3.05, 3.63) is 53.2 Å². The molecular weight excluding hydrogens is 469 g/mol. The van der Waals surface area contributed by atoms with Crippen molar-refractivity contribution in [1.82, 2.24) is 14.6 Å². The number of aromatic nitrogens is 1. The van der Waals surface area contributed by atoms with Crippen molar-refractivity contribution >= 4 is 21.7 Å². The zero-order valence-electron chi connectivity index (χ0n) is 19.4. The Morgan fingerprint density at radius 2 is 1.79 bits per heavy atom. The van der Waals surface area contributed by atoms with E-state index in [4.69, 9.17) is 0 Å². The predicted octanol–water partition coefficient (Wildman–Crippen LogP) is 3.84. The summed E-state index contributed by atoms with van der Waals surface area (Å²) in [6.45, 7) is 6.95. The Kier molecular flexibility index (Phi) is 7.87. The van der Waals surface area contributed by atoms with E-state index in [1.807, 2.05) is 4.90 Å². The van der Waals surface area contributed by atoms with E-state index in [1.165, 1.54) is 16.4 Å². The number of benzene rings is 1. The Balaban J connectivity index is 1.64. The molecule has 1 aliphatic rings. The monoisotopic (exact) mass is 498 g/mol. The average molecular weight is 499 g/mol. The first-order chi connectivity index (χ1) is 16.0. The number of piperidine rings is 1. The van der Waals surface area contributed by atoms with Gasteiger partial charge in [0.25, 0.3) is 5.91 Å². The molecule has 0 aliphatic carbocycles. The van der Waals surface area contributed by atoms with Crippen LogP contribution in [0.15, 0.2) is 41.4 Å². The van der Waals surface area contributed by atoms with Gasteiger partial charge in [0.1, 0.15) is 5.82 Å². The Bertz CT molecular complexity index is 1110. The van der Waals surface area contributed by atoms with Crippen LogP contribution in [0.2, 0.25) is 0 Å². The van der Waals surface area contributed by atoms with Crippen molar-refractivity contribution in [3.63, 3.8) is 0 Å². The fraction of sp³-hybridized carbons (Fsp3) is 0.478. The lowest BCUT2D eigenvalue weighted by Crippen LogP contribution is -2.45. The molecule has 1 saturated heterocycles. The molecule has 1 aromatic heterocycles. The lowest BCUT2D eigenvalue weighted by atomic mass is 10.0. The number of aryl methyl sites for hydroxylation is 1. The van der Waals surface area contributed by atoms with Gasteiger partial charge in [-0.05, 0) is 49.6 Å². The summed E-state index contributed by atoms with van der Waals surface area (Å²) in [5.74, 6) is 0.102. The molecule has 0 saturated carbocycles. The zero-order valence-corrected chi connectivity index (χ0v) is 20.2. The SMILES string of the molecule is CCN(CC)S(=O)(=O)c1cc(C(=O)NC2CCN(c3ccc(C(F)(F)F)cn3)CC2)ccc1C. The van der Waals surface area contributed by atoms with Crippen LogP contribution in [0.3, 0.4) is 0 Å². The van der Waals surface area contributed by atoms with Crippen LogP contribution in [0.1, 0.15) is 48.2 Å². The van der Waals surface area contributed by atoms with Crippen LogP contribution >= 0.6 is 0 Å². The second kappa shape index (κ2) is 10.3. The van der Waals surface area contributed by atoms with Gasteiger partial charge in [0.15, 0.2) is 0 Å². The third kappa shape index (κ3) is 5.69. The molecule has 0 atom stereocenters. The van der Waals surface area contributed by atoms with Gasteiger partial charge in [-0.1, -0.05) is 19.9 Å². The van der Waals surface area contributed by atoms with Crippen LogP contribution in [0.4, 0.5) is 19.0 Å². The molecule has 1 N–H and O–H groups in total. The van der Waals surface area contributed by atoms with E-state index in [1.54, 1.807) is 32.9 Å². The van der Waals surface area contributed by atoms with Crippen LogP contribution < -0.4 is 10.2 Å². The molecule has 1 amide bonds. The first kappa shape index (κ1) is 26.0. The van der Waals surface area contributed by atoms with Crippen molar-refractivity contribution in [3.8, 4) is 0 Å². The summed E-state index contributed by atoms with van der Waals surface area (Å²) < 4.78 is 65.4. The van der Waals surface area contributed by atoms with Gasteiger partial charge in [0.2, 0.25) is 10.0 Å². The van der Waals surface area contributed by atoms with Crippen LogP contribution in [-0.4, -0.2) is 55.8 Å². The number of rotatable bonds is 7. The predicted molar refractivity (Wildman–Crippen MR) is 123 cm³/mol. The molecule has 0 bridgehead atoms. The van der Waals surface area contributed by atoms with Crippen LogP contribution in [0.25, 0.3) is 0 Å². The lowest BCUT2D eigenvalue weighted by Gasteiger charge is -2.33. The molecular formula is C23H29F3N4O3S. The number of carbonyl (C=O) groups is 1. The fourth-order valence-corrected chi connectivity index (χ4v) is 5.69. The van der Waals surface area contributed by atoms with E-state index < -0.39 is 21.8 Å². The number of sulfonamides is 1. The van der Waals surface area contributed by atoms with Gasteiger partial charge in [0.05, 0.1) is 10.5 Å². The van der Waals surface area contributed by atoms with Crippen LogP contribution in [0.5, 0.6) is 0 Å². The molecule has 11 heteroatoms. The maximum absolute atomic E-state index is 12.9. The van der Waals surface area contributed by atoms with Crippen molar-refractivity contribution in [2.75, 3.05) is 31.1 Å². The fourth-order valence-electron chi connectivity index (χ4n) is 3.98. The number of carbonyl (C=O) groups excluding carboxylic acids is 1. The van der Waals surface area contributed by atoms with Gasteiger partial charge in [-0.25, -0.2) is 13.4 Å². The van der Waals surface area contributed by atoms with E-state index in [-0.39, 0.29) is 22.4 Å². The maximum Gasteiger partial charge on any atom is 0.417 e. The number of pyridine rings is 1. The number of hydrogen-bond acceptors (Lipinski definition) is 5. The molecule has 1 aromatic carbocycles. The first-order valence-corrected chi connectivity index (χ1v) is 12.6. The largest absolute Gasteiger partial charge is 0.417 e. The van der Waals surface area contributed by atoms with Crippen molar-refractivity contribution in [2.45, 2.75) is 50.7 Å². The summed E-state index contributed by atoms with van der Waals surface area (Å²) in [6, 6.07) is 6.88. The molecule has 1 fully saturated rings. The Labute approximate surface area is 198 Å². The third-order valence-corrected chi connectivity index (χ3v) is 8.19. The van der Waals surface area contributed by atoms with E-state index in [0.717, 1.165) is 12.3 Å². The normalized spacial score (nSPS) is 15.6. The highest BCUT2D eigenvalue weighted by Crippen LogP contribution is 2.30. The standard InChI is InChI=1S/C23H29F3N4O3S/c1-4-30(5-2)34(32,33)20-14-17(7-6-16(20)3)22(31)28-19-10-12-29(13-11-19)21-9-8-18(15-27-21)23(24,25)26/h6-9,14-15,19H,4-5,10-13H2,1-3H3,(H,28,31). The molecule has 3 rings (SSSR count). The number of halogens is 3. The molecule has 1 aliphatic heterocycles. The van der Waals surface area contributed by atoms with E-state index in [0.29, 0.717) is 50.4 Å². The summed E-state index contributed by atoms with van der Waals surface area (Å²) in [5.41, 5.74) is 0.0443. The van der Waals surface area contributed by atoms with Gasteiger partial charge < -0.3 is 10.2 Å². The van der Waals surface area contributed by atoms with Crippen molar-refractivity contribution in [1.29, 1.82) is 0 Å². The second-order valence-corrected chi connectivity index (χ2v) is 10.1. The Morgan fingerprint density at radius 1 is 1.15 bits per heavy atom. The summed E-state index contributed by atoms with van der Waals surface area (Å²) in [4.78, 5) is 18.8. The number of hydrogen-bond donors (Lipinski definition) is 1. The Hall–Kier alpha value is -2.66. The molecule has 0 radical (unpaired) electrons. The average Bonchev–Trinajstić information content (AvgIpc) is 2.80. The van der Waals surface area contributed by atoms with Crippen LogP contribution in [0, 0.1) is 6.92 Å². The minimum Gasteiger partial charge on any atom is -0.356 e. The minimum absolute atomic E-state index is 0.118. The summed E-state index contributed by atoms with van der Waals surface area (Å²) in [7, 11) is -3.70. The maximum atomic E-state index is 12.9. The second-order valence-electron chi connectivity index (χ2n) is 8.21. The van der Waals surface area contributed by atoms with E-state index >= 15 is 0 Å². The highest BCUT2D eigenvalue weighted by molar-refractivity contribution is 7.89. The smallest absolute Gasteiger partial charge is 0.356 e. The minimum atomic E-state index is -4.43. The molecule has 0 spiro atoms. The molecule has 34 heavy (non-hydrogen) atoms. The highest BCUT2D eigenvalue weighted by atomic mass is 32.2. The molecule has 7 nitrogen and oxygen atoms in total. The van der Waals surface area contributed by atoms with E-state index in [2.05, 4.69) is 10.3 Å². The lowest BCUT2D eigenvalue weighted by molar-refractivity contribution is -0.137. The number of alkyl halides is 3. The number of amides is 1.